The molecular weight excluding hydrogens is 308 g/mol. The molecule has 0 bridgehead atoms. The van der Waals surface area contributed by atoms with Crippen molar-refractivity contribution in [3.05, 3.63) is 52.4 Å². The van der Waals surface area contributed by atoms with Crippen molar-refractivity contribution in [2.24, 2.45) is 0 Å². The Morgan fingerprint density at radius 1 is 1.17 bits per heavy atom. The Labute approximate surface area is 140 Å². The van der Waals surface area contributed by atoms with Crippen LogP contribution in [-0.2, 0) is 11.3 Å². The number of likely N-dealkylation sites (tertiary alicyclic amines) is 1. The minimum absolute atomic E-state index is 0.0618. The van der Waals surface area contributed by atoms with E-state index in [1.807, 2.05) is 17.0 Å². The molecule has 0 aliphatic carbocycles. The molecule has 2 aromatic rings. The maximum atomic E-state index is 12.3. The molecule has 1 saturated heterocycles. The number of amides is 1. The van der Waals surface area contributed by atoms with E-state index in [1.165, 1.54) is 0 Å². The molecule has 1 aromatic carbocycles. The van der Waals surface area contributed by atoms with Crippen molar-refractivity contribution in [1.29, 1.82) is 0 Å². The van der Waals surface area contributed by atoms with Crippen LogP contribution in [0.25, 0.3) is 0 Å². The fourth-order valence-corrected chi connectivity index (χ4v) is 2.84. The van der Waals surface area contributed by atoms with Crippen LogP contribution < -0.4 is 0 Å². The summed E-state index contributed by atoms with van der Waals surface area (Å²) in [5.41, 5.74) is 2.38. The first kappa shape index (κ1) is 16.2. The van der Waals surface area contributed by atoms with E-state index in [1.54, 1.807) is 26.0 Å². The van der Waals surface area contributed by atoms with Crippen molar-refractivity contribution in [1.82, 2.24) is 10.1 Å². The number of nitrogens with zero attached hydrogens (tertiary/aromatic N) is 2. The third kappa shape index (κ3) is 3.32. The first-order valence-corrected chi connectivity index (χ1v) is 8.04. The van der Waals surface area contributed by atoms with E-state index in [4.69, 9.17) is 9.26 Å². The van der Waals surface area contributed by atoms with Crippen LogP contribution in [0.3, 0.4) is 0 Å². The topological polar surface area (TPSA) is 72.6 Å². The van der Waals surface area contributed by atoms with Crippen LogP contribution in [0.5, 0.6) is 0 Å². The summed E-state index contributed by atoms with van der Waals surface area (Å²) in [6.07, 6.45) is 2.14. The zero-order valence-corrected chi connectivity index (χ0v) is 13.9. The van der Waals surface area contributed by atoms with Gasteiger partial charge in [0.05, 0.1) is 5.69 Å². The van der Waals surface area contributed by atoms with Gasteiger partial charge in [-0.15, -0.1) is 0 Å². The molecule has 3 rings (SSSR count). The normalized spacial score (nSPS) is 14.0. The largest absolute Gasteiger partial charge is 0.457 e. The lowest BCUT2D eigenvalue weighted by molar-refractivity contribution is 0.0469. The third-order valence-electron chi connectivity index (χ3n) is 4.20. The van der Waals surface area contributed by atoms with Gasteiger partial charge in [0.1, 0.15) is 17.9 Å². The summed E-state index contributed by atoms with van der Waals surface area (Å²) in [4.78, 5) is 26.2. The zero-order chi connectivity index (χ0) is 17.1. The second kappa shape index (κ2) is 6.86. The van der Waals surface area contributed by atoms with E-state index in [0.29, 0.717) is 22.6 Å². The number of carbonyl (C=O) groups excluding carboxylic acids is 2. The van der Waals surface area contributed by atoms with Gasteiger partial charge in [0.15, 0.2) is 0 Å². The van der Waals surface area contributed by atoms with Crippen LogP contribution in [-0.4, -0.2) is 35.0 Å². The number of benzene rings is 1. The number of aromatic nitrogens is 1. The highest BCUT2D eigenvalue weighted by Crippen LogP contribution is 2.16. The number of carbonyl (C=O) groups is 2. The molecule has 1 amide bonds. The number of hydrogen-bond acceptors (Lipinski definition) is 5. The predicted molar refractivity (Wildman–Crippen MR) is 86.7 cm³/mol. The van der Waals surface area contributed by atoms with Crippen molar-refractivity contribution >= 4 is 11.9 Å². The average Bonchev–Trinajstić information content (AvgIpc) is 3.23. The van der Waals surface area contributed by atoms with E-state index in [9.17, 15) is 9.59 Å². The smallest absolute Gasteiger partial charge is 0.344 e. The van der Waals surface area contributed by atoms with Gasteiger partial charge in [-0.2, -0.15) is 0 Å². The van der Waals surface area contributed by atoms with Gasteiger partial charge in [-0.1, -0.05) is 17.3 Å². The monoisotopic (exact) mass is 328 g/mol. The van der Waals surface area contributed by atoms with Gasteiger partial charge >= 0.3 is 5.97 Å². The Balaban J connectivity index is 1.60. The Hall–Kier alpha value is -2.63. The lowest BCUT2D eigenvalue weighted by Gasteiger charge is -2.15. The van der Waals surface area contributed by atoms with Crippen LogP contribution in [0.2, 0.25) is 0 Å². The predicted octanol–water partition coefficient (Wildman–Crippen LogP) is 2.88. The molecule has 1 aliphatic rings. The molecule has 1 fully saturated rings. The number of hydrogen-bond donors (Lipinski definition) is 0. The number of rotatable bonds is 4. The number of esters is 1. The van der Waals surface area contributed by atoms with E-state index < -0.39 is 5.97 Å². The molecule has 1 aliphatic heterocycles. The summed E-state index contributed by atoms with van der Waals surface area (Å²) in [6, 6.07) is 7.17. The molecule has 0 radical (unpaired) electrons. The highest BCUT2D eigenvalue weighted by atomic mass is 16.5. The lowest BCUT2D eigenvalue weighted by atomic mass is 10.1. The number of aryl methyl sites for hydroxylation is 2. The van der Waals surface area contributed by atoms with Crippen LogP contribution >= 0.6 is 0 Å². The zero-order valence-electron chi connectivity index (χ0n) is 13.9. The van der Waals surface area contributed by atoms with Gasteiger partial charge in [0.25, 0.3) is 5.91 Å². The summed E-state index contributed by atoms with van der Waals surface area (Å²) in [6.45, 7) is 5.17. The number of ether oxygens (including phenoxy) is 1. The second-order valence-corrected chi connectivity index (χ2v) is 5.97. The first-order valence-electron chi connectivity index (χ1n) is 8.04. The summed E-state index contributed by atoms with van der Waals surface area (Å²) in [5.74, 6) is 0.0549. The van der Waals surface area contributed by atoms with Gasteiger partial charge < -0.3 is 14.2 Å². The summed E-state index contributed by atoms with van der Waals surface area (Å²) < 4.78 is 10.3. The van der Waals surface area contributed by atoms with E-state index in [0.717, 1.165) is 31.5 Å². The highest BCUT2D eigenvalue weighted by Gasteiger charge is 2.20. The molecule has 0 N–H and O–H groups in total. The van der Waals surface area contributed by atoms with Crippen molar-refractivity contribution in [2.45, 2.75) is 33.3 Å². The molecule has 1 aromatic heterocycles. The Kier molecular flexibility index (Phi) is 4.64. The Bertz CT molecular complexity index is 723. The van der Waals surface area contributed by atoms with E-state index in [2.05, 4.69) is 5.16 Å². The van der Waals surface area contributed by atoms with Crippen molar-refractivity contribution in [2.75, 3.05) is 13.1 Å². The minimum Gasteiger partial charge on any atom is -0.457 e. The van der Waals surface area contributed by atoms with Crippen molar-refractivity contribution in [3.8, 4) is 0 Å². The van der Waals surface area contributed by atoms with Gasteiger partial charge in [-0.25, -0.2) is 4.79 Å². The summed E-state index contributed by atoms with van der Waals surface area (Å²) in [7, 11) is 0. The lowest BCUT2D eigenvalue weighted by Crippen LogP contribution is -2.27. The van der Waals surface area contributed by atoms with Crippen LogP contribution in [0.4, 0.5) is 0 Å². The molecule has 0 spiro atoms. The van der Waals surface area contributed by atoms with Crippen LogP contribution in [0, 0.1) is 13.8 Å². The molecule has 0 saturated carbocycles. The summed E-state index contributed by atoms with van der Waals surface area (Å²) in [5, 5.41) is 3.74. The van der Waals surface area contributed by atoms with Crippen molar-refractivity contribution in [3.63, 3.8) is 0 Å². The van der Waals surface area contributed by atoms with Gasteiger partial charge in [0, 0.05) is 18.7 Å². The maximum absolute atomic E-state index is 12.3. The second-order valence-electron chi connectivity index (χ2n) is 5.97. The molecular formula is C18H20N2O4. The van der Waals surface area contributed by atoms with E-state index in [-0.39, 0.29) is 12.5 Å². The molecule has 0 atom stereocenters. The SMILES string of the molecule is Cc1noc(C)c1C(=O)OCc1ccc(C(=O)N2CCCC2)cc1. The third-order valence-corrected chi connectivity index (χ3v) is 4.20. The first-order chi connectivity index (χ1) is 11.6. The quantitative estimate of drug-likeness (QED) is 0.807. The Morgan fingerprint density at radius 3 is 2.42 bits per heavy atom. The Morgan fingerprint density at radius 2 is 1.83 bits per heavy atom. The molecule has 0 unspecified atom stereocenters. The van der Waals surface area contributed by atoms with Crippen LogP contribution in [0.15, 0.2) is 28.8 Å². The fraction of sp³-hybridized carbons (Fsp3) is 0.389. The van der Waals surface area contributed by atoms with Gasteiger partial charge in [-0.3, -0.25) is 4.79 Å². The van der Waals surface area contributed by atoms with Gasteiger partial charge in [-0.05, 0) is 44.4 Å². The standard InChI is InChI=1S/C18H20N2O4/c1-12-16(13(2)24-19-12)18(22)23-11-14-5-7-15(8-6-14)17(21)20-9-3-4-10-20/h5-8H,3-4,9-11H2,1-2H3. The average molecular weight is 328 g/mol. The minimum atomic E-state index is -0.455. The maximum Gasteiger partial charge on any atom is 0.344 e. The molecule has 126 valence electrons. The summed E-state index contributed by atoms with van der Waals surface area (Å²) >= 11 is 0. The molecule has 2 heterocycles. The van der Waals surface area contributed by atoms with Crippen molar-refractivity contribution < 1.29 is 18.8 Å². The molecule has 6 nitrogen and oxygen atoms in total. The van der Waals surface area contributed by atoms with E-state index >= 15 is 0 Å². The highest BCUT2D eigenvalue weighted by molar-refractivity contribution is 5.94. The molecule has 6 heteroatoms. The molecule has 24 heavy (non-hydrogen) atoms. The fourth-order valence-electron chi connectivity index (χ4n) is 2.84. The van der Waals surface area contributed by atoms with Crippen LogP contribution in [0.1, 0.15) is 50.6 Å². The van der Waals surface area contributed by atoms with Gasteiger partial charge in [0.2, 0.25) is 0 Å².